The monoisotopic (exact) mass is 465 g/mol. The van der Waals surface area contributed by atoms with Gasteiger partial charge in [-0.25, -0.2) is 4.79 Å². The fraction of sp³-hybridized carbons (Fsp3) is 0.107. The van der Waals surface area contributed by atoms with E-state index in [9.17, 15) is 14.4 Å². The molecule has 0 radical (unpaired) electrons. The van der Waals surface area contributed by atoms with E-state index in [0.29, 0.717) is 22.7 Å². The summed E-state index contributed by atoms with van der Waals surface area (Å²) in [5.74, 6) is 0.0711. The van der Waals surface area contributed by atoms with Gasteiger partial charge in [0.25, 0.3) is 5.91 Å². The lowest BCUT2D eigenvalue weighted by Crippen LogP contribution is -2.42. The molecule has 0 spiro atoms. The molecular formula is C28H23N3O4. The number of benzene rings is 4. The van der Waals surface area contributed by atoms with Crippen LogP contribution in [-0.2, 0) is 15.1 Å². The molecule has 7 nitrogen and oxygen atoms in total. The van der Waals surface area contributed by atoms with Crippen LogP contribution in [0, 0.1) is 0 Å². The number of hydrogen-bond acceptors (Lipinski definition) is 4. The summed E-state index contributed by atoms with van der Waals surface area (Å²) in [6, 6.07) is 28.9. The summed E-state index contributed by atoms with van der Waals surface area (Å²) >= 11 is 0. The minimum Gasteiger partial charge on any atom is -0.455 e. The Morgan fingerprint density at radius 3 is 2.37 bits per heavy atom. The summed E-state index contributed by atoms with van der Waals surface area (Å²) < 4.78 is 5.87. The predicted molar refractivity (Wildman–Crippen MR) is 133 cm³/mol. The molecule has 4 aromatic rings. The minimum atomic E-state index is -1.27. The van der Waals surface area contributed by atoms with E-state index in [2.05, 4.69) is 10.6 Å². The average Bonchev–Trinajstić information content (AvgIpc) is 3.09. The molecule has 7 heteroatoms. The molecule has 4 aromatic carbocycles. The first kappa shape index (κ1) is 22.2. The molecule has 4 amide bonds. The van der Waals surface area contributed by atoms with Gasteiger partial charge in [0, 0.05) is 0 Å². The number of imide groups is 1. The van der Waals surface area contributed by atoms with Gasteiger partial charge in [-0.2, -0.15) is 0 Å². The lowest BCUT2D eigenvalue weighted by Gasteiger charge is -2.22. The number of urea groups is 1. The van der Waals surface area contributed by atoms with Crippen LogP contribution in [0.15, 0.2) is 97.1 Å². The Labute approximate surface area is 202 Å². The van der Waals surface area contributed by atoms with Crippen molar-refractivity contribution in [2.45, 2.75) is 12.5 Å². The second-order valence-electron chi connectivity index (χ2n) is 8.47. The number of nitrogens with zero attached hydrogens (tertiary/aromatic N) is 1. The molecule has 0 bridgehead atoms. The number of anilines is 1. The van der Waals surface area contributed by atoms with Gasteiger partial charge < -0.3 is 15.4 Å². The Hall–Kier alpha value is -4.65. The normalized spacial score (nSPS) is 17.3. The van der Waals surface area contributed by atoms with Gasteiger partial charge in [-0.3, -0.25) is 14.5 Å². The van der Waals surface area contributed by atoms with Crippen molar-refractivity contribution in [3.63, 3.8) is 0 Å². The third-order valence-electron chi connectivity index (χ3n) is 6.04. The van der Waals surface area contributed by atoms with Gasteiger partial charge in [-0.05, 0) is 53.6 Å². The van der Waals surface area contributed by atoms with Crippen molar-refractivity contribution in [2.75, 3.05) is 11.9 Å². The lowest BCUT2D eigenvalue weighted by atomic mass is 9.90. The molecule has 5 rings (SSSR count). The standard InChI is InChI=1S/C28H23N3O4/c1-28(21-16-15-19-9-5-6-10-20(19)17-21)26(33)31(27(34)30-28)18-25(32)29-23-13-7-8-14-24(23)35-22-11-3-2-4-12-22/h2-17H,18H2,1H3,(H,29,32)(H,30,34)/t28-/m1/s1. The highest BCUT2D eigenvalue weighted by Crippen LogP contribution is 2.32. The summed E-state index contributed by atoms with van der Waals surface area (Å²) in [6.45, 7) is 1.23. The molecule has 0 saturated carbocycles. The second-order valence-corrected chi connectivity index (χ2v) is 8.47. The molecular weight excluding hydrogens is 442 g/mol. The molecule has 1 saturated heterocycles. The van der Waals surface area contributed by atoms with Crippen LogP contribution in [0.2, 0.25) is 0 Å². The Bertz CT molecular complexity index is 1440. The van der Waals surface area contributed by atoms with Crippen molar-refractivity contribution in [1.29, 1.82) is 0 Å². The van der Waals surface area contributed by atoms with Crippen molar-refractivity contribution < 1.29 is 19.1 Å². The van der Waals surface area contributed by atoms with Gasteiger partial charge in [0.2, 0.25) is 5.91 Å². The number of amides is 4. The topological polar surface area (TPSA) is 87.7 Å². The van der Waals surface area contributed by atoms with Crippen LogP contribution in [0.3, 0.4) is 0 Å². The quantitative estimate of drug-likeness (QED) is 0.391. The highest BCUT2D eigenvalue weighted by atomic mass is 16.5. The summed E-state index contributed by atoms with van der Waals surface area (Å²) in [4.78, 5) is 39.8. The van der Waals surface area contributed by atoms with Crippen LogP contribution in [0.5, 0.6) is 11.5 Å². The van der Waals surface area contributed by atoms with E-state index < -0.39 is 29.9 Å². The number of hydrogen-bond donors (Lipinski definition) is 2. The first-order chi connectivity index (χ1) is 16.9. The van der Waals surface area contributed by atoms with E-state index >= 15 is 0 Å². The van der Waals surface area contributed by atoms with Gasteiger partial charge in [-0.1, -0.05) is 66.7 Å². The lowest BCUT2D eigenvalue weighted by molar-refractivity contribution is -0.133. The fourth-order valence-corrected chi connectivity index (χ4v) is 4.14. The molecule has 1 fully saturated rings. The fourth-order valence-electron chi connectivity index (χ4n) is 4.14. The Morgan fingerprint density at radius 1 is 0.886 bits per heavy atom. The van der Waals surface area contributed by atoms with Gasteiger partial charge >= 0.3 is 6.03 Å². The van der Waals surface area contributed by atoms with E-state index in [-0.39, 0.29) is 0 Å². The Morgan fingerprint density at radius 2 is 1.57 bits per heavy atom. The minimum absolute atomic E-state index is 0.423. The number of nitrogens with one attached hydrogen (secondary N) is 2. The van der Waals surface area contributed by atoms with Crippen LogP contribution in [-0.4, -0.2) is 29.3 Å². The van der Waals surface area contributed by atoms with Crippen molar-refractivity contribution >= 4 is 34.3 Å². The molecule has 1 aliphatic rings. The zero-order chi connectivity index (χ0) is 24.4. The Kier molecular flexibility index (Phi) is 5.66. The maximum Gasteiger partial charge on any atom is 0.325 e. The van der Waals surface area contributed by atoms with Gasteiger partial charge in [0.05, 0.1) is 5.69 Å². The van der Waals surface area contributed by atoms with Crippen molar-refractivity contribution in [3.8, 4) is 11.5 Å². The summed E-state index contributed by atoms with van der Waals surface area (Å²) in [6.07, 6.45) is 0. The SMILES string of the molecule is C[C@]1(c2ccc3ccccc3c2)NC(=O)N(CC(=O)Nc2ccccc2Oc2ccccc2)C1=O. The molecule has 1 aliphatic heterocycles. The third-order valence-corrected chi connectivity index (χ3v) is 6.04. The van der Waals surface area contributed by atoms with Crippen LogP contribution < -0.4 is 15.4 Å². The summed E-state index contributed by atoms with van der Waals surface area (Å²) in [5.41, 5.74) is -0.180. The number of carbonyl (C=O) groups is 3. The van der Waals surface area contributed by atoms with Crippen LogP contribution in [0.25, 0.3) is 10.8 Å². The van der Waals surface area contributed by atoms with Gasteiger partial charge in [0.15, 0.2) is 5.75 Å². The number of rotatable bonds is 6. The van der Waals surface area contributed by atoms with E-state index in [4.69, 9.17) is 4.74 Å². The molecule has 35 heavy (non-hydrogen) atoms. The summed E-state index contributed by atoms with van der Waals surface area (Å²) in [7, 11) is 0. The van der Waals surface area contributed by atoms with Gasteiger partial charge in [0.1, 0.15) is 17.8 Å². The van der Waals surface area contributed by atoms with E-state index in [1.54, 1.807) is 43.3 Å². The molecule has 0 unspecified atom stereocenters. The molecule has 1 heterocycles. The van der Waals surface area contributed by atoms with Crippen molar-refractivity contribution in [1.82, 2.24) is 10.2 Å². The molecule has 0 aromatic heterocycles. The maximum absolute atomic E-state index is 13.3. The molecule has 174 valence electrons. The number of para-hydroxylation sites is 3. The van der Waals surface area contributed by atoms with Crippen LogP contribution in [0.1, 0.15) is 12.5 Å². The van der Waals surface area contributed by atoms with E-state index in [0.717, 1.165) is 15.7 Å². The summed E-state index contributed by atoms with van der Waals surface area (Å²) in [5, 5.41) is 7.50. The number of fused-ring (bicyclic) bond motifs is 1. The largest absolute Gasteiger partial charge is 0.455 e. The van der Waals surface area contributed by atoms with Crippen LogP contribution in [0.4, 0.5) is 10.5 Å². The van der Waals surface area contributed by atoms with Crippen molar-refractivity contribution in [3.05, 3.63) is 103 Å². The molecule has 0 aliphatic carbocycles. The van der Waals surface area contributed by atoms with Crippen molar-refractivity contribution in [2.24, 2.45) is 0 Å². The first-order valence-electron chi connectivity index (χ1n) is 11.2. The van der Waals surface area contributed by atoms with Gasteiger partial charge in [-0.15, -0.1) is 0 Å². The maximum atomic E-state index is 13.3. The second kappa shape index (κ2) is 8.95. The highest BCUT2D eigenvalue weighted by Gasteiger charge is 2.49. The Balaban J connectivity index is 1.32. The zero-order valence-electron chi connectivity index (χ0n) is 19.0. The smallest absolute Gasteiger partial charge is 0.325 e. The zero-order valence-corrected chi connectivity index (χ0v) is 19.0. The molecule has 2 N–H and O–H groups in total. The predicted octanol–water partition coefficient (Wildman–Crippen LogP) is 5.04. The number of ether oxygens (including phenoxy) is 1. The number of carbonyl (C=O) groups excluding carboxylic acids is 3. The third kappa shape index (κ3) is 4.31. The van der Waals surface area contributed by atoms with Crippen LogP contribution >= 0.6 is 0 Å². The van der Waals surface area contributed by atoms with E-state index in [1.807, 2.05) is 60.7 Å². The van der Waals surface area contributed by atoms with E-state index in [1.165, 1.54) is 0 Å². The highest BCUT2D eigenvalue weighted by molar-refractivity contribution is 6.10. The molecule has 1 atom stereocenters. The average molecular weight is 466 g/mol. The first-order valence-corrected chi connectivity index (χ1v) is 11.2.